The van der Waals surface area contributed by atoms with Crippen LogP contribution in [0.25, 0.3) is 0 Å². The minimum absolute atomic E-state index is 0.133. The summed E-state index contributed by atoms with van der Waals surface area (Å²) in [4.78, 5) is 13.4. The lowest BCUT2D eigenvalue weighted by Gasteiger charge is -2.24. The van der Waals surface area contributed by atoms with Crippen LogP contribution in [0, 0.1) is 0 Å². The predicted octanol–water partition coefficient (Wildman–Crippen LogP) is 3.02. The molecule has 0 aromatic heterocycles. The Morgan fingerprint density at radius 2 is 1.86 bits per heavy atom. The molecule has 2 atom stereocenters. The molecule has 0 bridgehead atoms. The summed E-state index contributed by atoms with van der Waals surface area (Å²) in [7, 11) is 0.554. The average Bonchev–Trinajstić information content (AvgIpc) is 2.37. The van der Waals surface area contributed by atoms with Crippen molar-refractivity contribution in [3.8, 4) is 0 Å². The van der Waals surface area contributed by atoms with E-state index in [2.05, 4.69) is 5.32 Å². The largest absolute Gasteiger partial charge is 0.393 e. The molecule has 4 nitrogen and oxygen atoms in total. The number of urea groups is 1. The van der Waals surface area contributed by atoms with Gasteiger partial charge in [-0.25, -0.2) is 4.79 Å². The van der Waals surface area contributed by atoms with Crippen LogP contribution >= 0.6 is 0 Å². The molecular formula is C14H19F3N2O2S. The first kappa shape index (κ1) is 18.5. The Morgan fingerprint density at radius 1 is 1.32 bits per heavy atom. The van der Waals surface area contributed by atoms with Gasteiger partial charge < -0.3 is 10.2 Å². The van der Waals surface area contributed by atoms with E-state index in [1.54, 1.807) is 20.2 Å². The first-order valence-corrected chi connectivity index (χ1v) is 8.30. The van der Waals surface area contributed by atoms with Crippen molar-refractivity contribution in [3.05, 3.63) is 29.8 Å². The fourth-order valence-electron chi connectivity index (χ4n) is 1.80. The number of alkyl halides is 3. The van der Waals surface area contributed by atoms with Crippen molar-refractivity contribution in [2.75, 3.05) is 24.4 Å². The Morgan fingerprint density at radius 3 is 2.32 bits per heavy atom. The number of halogens is 3. The minimum Gasteiger partial charge on any atom is -0.324 e. The van der Waals surface area contributed by atoms with Gasteiger partial charge in [0.15, 0.2) is 0 Å². The lowest BCUT2D eigenvalue weighted by atomic mass is 10.1. The molecule has 0 saturated carbocycles. The summed E-state index contributed by atoms with van der Waals surface area (Å²) in [5, 5.41) is 2.59. The maximum absolute atomic E-state index is 12.2. The van der Waals surface area contributed by atoms with E-state index < -0.39 is 29.4 Å². The maximum atomic E-state index is 12.2. The third-order valence-corrected chi connectivity index (χ3v) is 4.02. The van der Waals surface area contributed by atoms with Crippen molar-refractivity contribution in [1.82, 2.24) is 4.90 Å². The van der Waals surface area contributed by atoms with E-state index in [4.69, 9.17) is 0 Å². The molecule has 0 heterocycles. The Hall–Kier alpha value is -1.57. The van der Waals surface area contributed by atoms with E-state index in [0.717, 1.165) is 0 Å². The Bertz CT molecular complexity index is 532. The fourth-order valence-corrected chi connectivity index (χ4v) is 2.70. The molecule has 0 fully saturated rings. The third kappa shape index (κ3) is 6.46. The molecule has 0 unspecified atom stereocenters. The summed E-state index contributed by atoms with van der Waals surface area (Å²) in [6.07, 6.45) is -3.70. The van der Waals surface area contributed by atoms with Gasteiger partial charge in [-0.3, -0.25) is 4.21 Å². The number of nitrogens with zero attached hydrogens (tertiary/aromatic N) is 1. The quantitative estimate of drug-likeness (QED) is 0.898. The van der Waals surface area contributed by atoms with Crippen LogP contribution in [0.4, 0.5) is 23.7 Å². The number of hydrogen-bond acceptors (Lipinski definition) is 2. The Kier molecular flexibility index (Phi) is 6.40. The number of rotatable bonds is 5. The molecule has 2 amide bonds. The molecule has 1 aromatic carbocycles. The molecule has 0 aliphatic rings. The zero-order valence-electron chi connectivity index (χ0n) is 12.6. The van der Waals surface area contributed by atoms with Gasteiger partial charge in [0, 0.05) is 41.6 Å². The molecule has 0 aliphatic heterocycles. The first-order valence-electron chi connectivity index (χ1n) is 6.58. The molecule has 0 aliphatic carbocycles. The number of anilines is 1. The second-order valence-electron chi connectivity index (χ2n) is 5.12. The monoisotopic (exact) mass is 336 g/mol. The highest BCUT2D eigenvalue weighted by atomic mass is 32.2. The van der Waals surface area contributed by atoms with Gasteiger partial charge >= 0.3 is 12.2 Å². The average molecular weight is 336 g/mol. The third-order valence-electron chi connectivity index (χ3n) is 3.07. The second kappa shape index (κ2) is 7.62. The van der Waals surface area contributed by atoms with Crippen molar-refractivity contribution in [2.45, 2.75) is 25.6 Å². The molecule has 0 saturated heterocycles. The normalized spacial score (nSPS) is 14.3. The van der Waals surface area contributed by atoms with Crippen LogP contribution in [0.3, 0.4) is 0 Å². The van der Waals surface area contributed by atoms with Gasteiger partial charge in [-0.2, -0.15) is 13.2 Å². The zero-order chi connectivity index (χ0) is 16.9. The Balaban J connectivity index is 2.63. The molecule has 1 aromatic rings. The van der Waals surface area contributed by atoms with Crippen LogP contribution in [0.15, 0.2) is 24.3 Å². The zero-order valence-corrected chi connectivity index (χ0v) is 13.4. The molecule has 1 rings (SSSR count). The van der Waals surface area contributed by atoms with Gasteiger partial charge in [0.1, 0.15) is 0 Å². The fraction of sp³-hybridized carbons (Fsp3) is 0.500. The highest BCUT2D eigenvalue weighted by Crippen LogP contribution is 2.22. The van der Waals surface area contributed by atoms with E-state index in [1.165, 1.54) is 29.2 Å². The molecule has 8 heteroatoms. The summed E-state index contributed by atoms with van der Waals surface area (Å²) in [5.74, 6) is 0.356. The van der Waals surface area contributed by atoms with Gasteiger partial charge in [-0.05, 0) is 24.6 Å². The van der Waals surface area contributed by atoms with Crippen LogP contribution in [-0.4, -0.2) is 46.4 Å². The van der Waals surface area contributed by atoms with E-state index in [-0.39, 0.29) is 11.6 Å². The van der Waals surface area contributed by atoms with E-state index in [9.17, 15) is 22.2 Å². The summed E-state index contributed by atoms with van der Waals surface area (Å²) in [6.45, 7) is 1.77. The van der Waals surface area contributed by atoms with E-state index in [1.807, 2.05) is 0 Å². The topological polar surface area (TPSA) is 49.4 Å². The van der Waals surface area contributed by atoms with E-state index in [0.29, 0.717) is 11.4 Å². The van der Waals surface area contributed by atoms with Crippen LogP contribution in [0.2, 0.25) is 0 Å². The number of benzene rings is 1. The number of hydrogen-bond donors (Lipinski definition) is 1. The van der Waals surface area contributed by atoms with Gasteiger partial charge in [-0.15, -0.1) is 0 Å². The summed E-state index contributed by atoms with van der Waals surface area (Å²) < 4.78 is 47.9. The van der Waals surface area contributed by atoms with Crippen molar-refractivity contribution < 1.29 is 22.2 Å². The minimum atomic E-state index is -4.25. The van der Waals surface area contributed by atoms with Crippen molar-refractivity contribution >= 4 is 22.5 Å². The summed E-state index contributed by atoms with van der Waals surface area (Å²) >= 11 is 0. The molecule has 0 radical (unpaired) electrons. The smallest absolute Gasteiger partial charge is 0.324 e. The number of carbonyl (C=O) groups excluding carboxylic acids is 1. The maximum Gasteiger partial charge on any atom is 0.393 e. The van der Waals surface area contributed by atoms with Gasteiger partial charge in [0.2, 0.25) is 0 Å². The van der Waals surface area contributed by atoms with Gasteiger partial charge in [0.05, 0.1) is 6.42 Å². The first-order chi connectivity index (χ1) is 10.1. The van der Waals surface area contributed by atoms with Crippen molar-refractivity contribution in [2.24, 2.45) is 0 Å². The molecule has 1 N–H and O–H groups in total. The van der Waals surface area contributed by atoms with E-state index >= 15 is 0 Å². The Labute approximate surface area is 130 Å². The lowest BCUT2D eigenvalue weighted by molar-refractivity contribution is -0.127. The highest BCUT2D eigenvalue weighted by molar-refractivity contribution is 7.84. The standard InChI is InChI=1S/C14H19F3N2O2S/c1-10(9-22(3)21)19(2)13(20)18-12-6-4-11(5-7-12)8-14(15,16)17/h4-7,10H,8-9H2,1-3H3,(H,18,20)/t10-,22+/m1/s1. The summed E-state index contributed by atoms with van der Waals surface area (Å²) in [5.41, 5.74) is 0.543. The number of amides is 2. The SMILES string of the molecule is C[C@H](C[S@](C)=O)N(C)C(=O)Nc1ccc(CC(F)(F)F)cc1. The van der Waals surface area contributed by atoms with Crippen LogP contribution in [-0.2, 0) is 17.2 Å². The number of nitrogens with one attached hydrogen (secondary N) is 1. The molecule has 0 spiro atoms. The van der Waals surface area contributed by atoms with Crippen LogP contribution in [0.5, 0.6) is 0 Å². The molecular weight excluding hydrogens is 317 g/mol. The van der Waals surface area contributed by atoms with Gasteiger partial charge in [0.25, 0.3) is 0 Å². The van der Waals surface area contributed by atoms with Crippen molar-refractivity contribution in [1.29, 1.82) is 0 Å². The van der Waals surface area contributed by atoms with Crippen LogP contribution < -0.4 is 5.32 Å². The highest BCUT2D eigenvalue weighted by Gasteiger charge is 2.27. The second-order valence-corrected chi connectivity index (χ2v) is 6.60. The lowest BCUT2D eigenvalue weighted by Crippen LogP contribution is -2.40. The van der Waals surface area contributed by atoms with Gasteiger partial charge in [-0.1, -0.05) is 12.1 Å². The molecule has 22 heavy (non-hydrogen) atoms. The van der Waals surface area contributed by atoms with Crippen molar-refractivity contribution in [3.63, 3.8) is 0 Å². The molecule has 124 valence electrons. The summed E-state index contributed by atoms with van der Waals surface area (Å²) in [6, 6.07) is 4.89. The predicted molar refractivity (Wildman–Crippen MR) is 81.4 cm³/mol. The van der Waals surface area contributed by atoms with Crippen LogP contribution in [0.1, 0.15) is 12.5 Å². The number of carbonyl (C=O) groups is 1.